The molecule has 76 valence electrons. The van der Waals surface area contributed by atoms with Gasteiger partial charge in [-0.2, -0.15) is 0 Å². The Bertz CT molecular complexity index is 322. The van der Waals surface area contributed by atoms with Gasteiger partial charge in [0.25, 0.3) is 0 Å². The SMILES string of the molecule is Oc1ccc([C@@H]2CNCCN2)c(O)c1. The van der Waals surface area contributed by atoms with Crippen LogP contribution in [0.5, 0.6) is 11.5 Å². The van der Waals surface area contributed by atoms with Crippen LogP contribution < -0.4 is 10.6 Å². The Balaban J connectivity index is 2.22. The molecule has 4 N–H and O–H groups in total. The highest BCUT2D eigenvalue weighted by Gasteiger charge is 2.17. The van der Waals surface area contributed by atoms with Crippen LogP contribution in [-0.2, 0) is 0 Å². The summed E-state index contributed by atoms with van der Waals surface area (Å²) in [7, 11) is 0. The van der Waals surface area contributed by atoms with Crippen LogP contribution in [0.25, 0.3) is 0 Å². The van der Waals surface area contributed by atoms with E-state index in [0.717, 1.165) is 25.2 Å². The first-order valence-electron chi connectivity index (χ1n) is 4.73. The van der Waals surface area contributed by atoms with Gasteiger partial charge in [-0.05, 0) is 6.07 Å². The fourth-order valence-corrected chi connectivity index (χ4v) is 1.70. The quantitative estimate of drug-likeness (QED) is 0.520. The maximum Gasteiger partial charge on any atom is 0.124 e. The maximum absolute atomic E-state index is 9.62. The fourth-order valence-electron chi connectivity index (χ4n) is 1.70. The van der Waals surface area contributed by atoms with Gasteiger partial charge in [0.05, 0.1) is 0 Å². The summed E-state index contributed by atoms with van der Waals surface area (Å²) in [5.74, 6) is 0.237. The molecule has 1 heterocycles. The number of piperazine rings is 1. The first kappa shape index (κ1) is 9.30. The van der Waals surface area contributed by atoms with E-state index in [1.807, 2.05) is 0 Å². The monoisotopic (exact) mass is 194 g/mol. The van der Waals surface area contributed by atoms with Gasteiger partial charge in [-0.25, -0.2) is 0 Å². The molecule has 4 heteroatoms. The van der Waals surface area contributed by atoms with Crippen LogP contribution in [0.15, 0.2) is 18.2 Å². The molecule has 1 aromatic carbocycles. The van der Waals surface area contributed by atoms with Crippen LogP contribution in [0.2, 0.25) is 0 Å². The molecule has 4 nitrogen and oxygen atoms in total. The third-order valence-electron chi connectivity index (χ3n) is 2.43. The largest absolute Gasteiger partial charge is 0.508 e. The predicted molar refractivity (Wildman–Crippen MR) is 53.4 cm³/mol. The Morgan fingerprint density at radius 1 is 1.21 bits per heavy atom. The molecule has 1 atom stereocenters. The number of hydrogen-bond donors (Lipinski definition) is 4. The molecular weight excluding hydrogens is 180 g/mol. The van der Waals surface area contributed by atoms with Crippen molar-refractivity contribution in [3.63, 3.8) is 0 Å². The Hall–Kier alpha value is -1.26. The molecule has 1 aliphatic rings. The van der Waals surface area contributed by atoms with Crippen molar-refractivity contribution in [3.8, 4) is 11.5 Å². The van der Waals surface area contributed by atoms with Crippen molar-refractivity contribution in [1.29, 1.82) is 0 Å². The molecule has 0 aromatic heterocycles. The molecule has 0 unspecified atom stereocenters. The van der Waals surface area contributed by atoms with Gasteiger partial charge < -0.3 is 20.8 Å². The molecule has 0 spiro atoms. The van der Waals surface area contributed by atoms with Crippen molar-refractivity contribution in [3.05, 3.63) is 23.8 Å². The first-order chi connectivity index (χ1) is 6.77. The van der Waals surface area contributed by atoms with Crippen LogP contribution in [0.3, 0.4) is 0 Å². The molecule has 1 aliphatic heterocycles. The molecule has 0 radical (unpaired) electrons. The lowest BCUT2D eigenvalue weighted by Crippen LogP contribution is -2.42. The number of phenolic OH excluding ortho intramolecular Hbond substituents is 2. The summed E-state index contributed by atoms with van der Waals surface area (Å²) in [5.41, 5.74) is 0.829. The minimum Gasteiger partial charge on any atom is -0.508 e. The molecule has 2 rings (SSSR count). The molecular formula is C10H14N2O2. The zero-order chi connectivity index (χ0) is 9.97. The zero-order valence-corrected chi connectivity index (χ0v) is 7.83. The first-order valence-corrected chi connectivity index (χ1v) is 4.73. The minimum absolute atomic E-state index is 0.0926. The second kappa shape index (κ2) is 3.86. The predicted octanol–water partition coefficient (Wildman–Crippen LogP) is 0.332. The molecule has 1 fully saturated rings. The molecule has 0 saturated carbocycles. The van der Waals surface area contributed by atoms with Crippen molar-refractivity contribution >= 4 is 0 Å². The van der Waals surface area contributed by atoms with Crippen molar-refractivity contribution in [2.45, 2.75) is 6.04 Å². The summed E-state index contributed by atoms with van der Waals surface area (Å²) in [6.07, 6.45) is 0. The Morgan fingerprint density at radius 2 is 2.07 bits per heavy atom. The molecule has 0 amide bonds. The van der Waals surface area contributed by atoms with E-state index in [1.165, 1.54) is 6.07 Å². The van der Waals surface area contributed by atoms with E-state index in [-0.39, 0.29) is 17.5 Å². The second-order valence-corrected chi connectivity index (χ2v) is 3.45. The number of aromatic hydroxyl groups is 2. The van der Waals surface area contributed by atoms with Gasteiger partial charge in [0.1, 0.15) is 11.5 Å². The van der Waals surface area contributed by atoms with Gasteiger partial charge in [-0.15, -0.1) is 0 Å². The van der Waals surface area contributed by atoms with E-state index in [9.17, 15) is 5.11 Å². The standard InChI is InChI=1S/C10H14N2O2/c13-7-1-2-8(10(14)5-7)9-6-11-3-4-12-9/h1-2,5,9,11-14H,3-4,6H2/t9-/m0/s1. The normalized spacial score (nSPS) is 22.1. The van der Waals surface area contributed by atoms with E-state index in [1.54, 1.807) is 12.1 Å². The smallest absolute Gasteiger partial charge is 0.124 e. The van der Waals surface area contributed by atoms with Gasteiger partial charge in [0.2, 0.25) is 0 Å². The summed E-state index contributed by atoms with van der Waals surface area (Å²) >= 11 is 0. The summed E-state index contributed by atoms with van der Waals surface area (Å²) in [6, 6.07) is 4.83. The number of hydrogen-bond acceptors (Lipinski definition) is 4. The summed E-state index contributed by atoms with van der Waals surface area (Å²) < 4.78 is 0. The number of rotatable bonds is 1. The van der Waals surface area contributed by atoms with E-state index < -0.39 is 0 Å². The van der Waals surface area contributed by atoms with Gasteiger partial charge in [0, 0.05) is 37.3 Å². The zero-order valence-electron chi connectivity index (χ0n) is 7.83. The highest BCUT2D eigenvalue weighted by atomic mass is 16.3. The topological polar surface area (TPSA) is 64.5 Å². The Kier molecular flexibility index (Phi) is 2.56. The van der Waals surface area contributed by atoms with Crippen molar-refractivity contribution in [1.82, 2.24) is 10.6 Å². The highest BCUT2D eigenvalue weighted by molar-refractivity contribution is 5.41. The maximum atomic E-state index is 9.62. The fraction of sp³-hybridized carbons (Fsp3) is 0.400. The molecule has 1 aromatic rings. The number of nitrogens with one attached hydrogen (secondary N) is 2. The highest BCUT2D eigenvalue weighted by Crippen LogP contribution is 2.27. The number of benzene rings is 1. The van der Waals surface area contributed by atoms with Gasteiger partial charge in [-0.3, -0.25) is 0 Å². The molecule has 0 aliphatic carbocycles. The van der Waals surface area contributed by atoms with Crippen LogP contribution in [0.4, 0.5) is 0 Å². The van der Waals surface area contributed by atoms with Gasteiger partial charge >= 0.3 is 0 Å². The lowest BCUT2D eigenvalue weighted by molar-refractivity contribution is 0.400. The average molecular weight is 194 g/mol. The molecule has 14 heavy (non-hydrogen) atoms. The van der Waals surface area contributed by atoms with Crippen molar-refractivity contribution < 1.29 is 10.2 Å². The van der Waals surface area contributed by atoms with E-state index in [0.29, 0.717) is 0 Å². The lowest BCUT2D eigenvalue weighted by Gasteiger charge is -2.25. The molecule has 0 bridgehead atoms. The summed E-state index contributed by atoms with van der Waals surface area (Å²) in [5, 5.41) is 25.3. The van der Waals surface area contributed by atoms with Crippen LogP contribution in [0, 0.1) is 0 Å². The van der Waals surface area contributed by atoms with Crippen molar-refractivity contribution in [2.24, 2.45) is 0 Å². The van der Waals surface area contributed by atoms with Gasteiger partial charge in [-0.1, -0.05) is 6.07 Å². The second-order valence-electron chi connectivity index (χ2n) is 3.45. The summed E-state index contributed by atoms with van der Waals surface area (Å²) in [4.78, 5) is 0. The lowest BCUT2D eigenvalue weighted by atomic mass is 10.0. The van der Waals surface area contributed by atoms with Crippen LogP contribution in [-0.4, -0.2) is 29.8 Å². The summed E-state index contributed by atoms with van der Waals surface area (Å²) in [6.45, 7) is 2.65. The van der Waals surface area contributed by atoms with Crippen LogP contribution >= 0.6 is 0 Å². The minimum atomic E-state index is 0.0926. The van der Waals surface area contributed by atoms with E-state index in [4.69, 9.17) is 5.11 Å². The van der Waals surface area contributed by atoms with Gasteiger partial charge in [0.15, 0.2) is 0 Å². The average Bonchev–Trinajstić information content (AvgIpc) is 2.19. The Morgan fingerprint density at radius 3 is 2.71 bits per heavy atom. The third-order valence-corrected chi connectivity index (χ3v) is 2.43. The van der Waals surface area contributed by atoms with Crippen LogP contribution in [0.1, 0.15) is 11.6 Å². The number of phenols is 2. The Labute approximate surface area is 82.6 Å². The van der Waals surface area contributed by atoms with Crippen molar-refractivity contribution in [2.75, 3.05) is 19.6 Å². The van der Waals surface area contributed by atoms with E-state index in [2.05, 4.69) is 10.6 Å². The third kappa shape index (κ3) is 1.81. The van der Waals surface area contributed by atoms with E-state index >= 15 is 0 Å². The molecule has 1 saturated heterocycles.